The number of benzene rings is 2. The minimum Gasteiger partial charge on any atom is -0.494 e. The molecule has 1 unspecified atom stereocenters. The number of ether oxygens (including phenoxy) is 3. The molecule has 0 radical (unpaired) electrons. The molecule has 1 aliphatic carbocycles. The summed E-state index contributed by atoms with van der Waals surface area (Å²) in [5.74, 6) is 1.07. The van der Waals surface area contributed by atoms with Crippen LogP contribution < -0.4 is 9.47 Å². The maximum absolute atomic E-state index is 6.29. The summed E-state index contributed by atoms with van der Waals surface area (Å²) < 4.78 is 18.3. The Balaban J connectivity index is 1.30. The predicted molar refractivity (Wildman–Crippen MR) is 152 cm³/mol. The maximum atomic E-state index is 6.29. The number of hydrogen-bond acceptors (Lipinski definition) is 6. The van der Waals surface area contributed by atoms with E-state index in [2.05, 4.69) is 48.3 Å². The van der Waals surface area contributed by atoms with E-state index in [1.54, 1.807) is 11.3 Å². The Morgan fingerprint density at radius 3 is 1.97 bits per heavy atom. The second-order valence-electron chi connectivity index (χ2n) is 9.63. The number of hydrogen-bond donors (Lipinski definition) is 0. The summed E-state index contributed by atoms with van der Waals surface area (Å²) in [5, 5.41) is 10.7. The van der Waals surface area contributed by atoms with E-state index in [0.717, 1.165) is 71.4 Å². The number of unbranched alkanes of at least 4 members (excludes halogenated alkanes) is 6. The molecule has 1 heterocycles. The van der Waals surface area contributed by atoms with Crippen LogP contribution in [0.5, 0.6) is 11.5 Å². The SMILES string of the molecule is CCCCCCCCOc1ccc(-c2nnc(-c3ccc(OC4(OCCCC)C=CCC4)cc3)s2)cc1. The Morgan fingerprint density at radius 2 is 1.35 bits per heavy atom. The number of aromatic nitrogens is 2. The molecule has 0 fully saturated rings. The highest BCUT2D eigenvalue weighted by molar-refractivity contribution is 7.17. The predicted octanol–water partition coefficient (Wildman–Crippen LogP) is 8.85. The minimum absolute atomic E-state index is 0.642. The lowest BCUT2D eigenvalue weighted by Gasteiger charge is -2.29. The van der Waals surface area contributed by atoms with E-state index < -0.39 is 5.79 Å². The Morgan fingerprint density at radius 1 is 0.730 bits per heavy atom. The zero-order valence-electron chi connectivity index (χ0n) is 22.3. The van der Waals surface area contributed by atoms with Gasteiger partial charge in [-0.25, -0.2) is 0 Å². The summed E-state index contributed by atoms with van der Waals surface area (Å²) in [7, 11) is 0. The van der Waals surface area contributed by atoms with Gasteiger partial charge in [0.25, 0.3) is 0 Å². The molecule has 2 aromatic carbocycles. The first-order valence-corrected chi connectivity index (χ1v) is 14.7. The highest BCUT2D eigenvalue weighted by Gasteiger charge is 2.33. The Bertz CT molecular complexity index is 1090. The Hall–Kier alpha value is -2.70. The summed E-state index contributed by atoms with van der Waals surface area (Å²) in [6.07, 6.45) is 15.8. The van der Waals surface area contributed by atoms with Gasteiger partial charge in [0, 0.05) is 17.5 Å². The number of allylic oxidation sites excluding steroid dienone is 1. The third-order valence-electron chi connectivity index (χ3n) is 6.56. The van der Waals surface area contributed by atoms with Crippen LogP contribution in [0.25, 0.3) is 21.1 Å². The van der Waals surface area contributed by atoms with Crippen molar-refractivity contribution in [1.82, 2.24) is 10.2 Å². The van der Waals surface area contributed by atoms with Crippen molar-refractivity contribution in [2.75, 3.05) is 13.2 Å². The quantitative estimate of drug-likeness (QED) is 0.107. The van der Waals surface area contributed by atoms with E-state index in [1.165, 1.54) is 32.1 Å². The lowest BCUT2D eigenvalue weighted by atomic mass is 10.1. The third kappa shape index (κ3) is 8.14. The van der Waals surface area contributed by atoms with Crippen molar-refractivity contribution in [3.8, 4) is 32.6 Å². The summed E-state index contributed by atoms with van der Waals surface area (Å²) in [6.45, 7) is 5.90. The molecule has 0 saturated carbocycles. The Kier molecular flexibility index (Phi) is 10.6. The molecular formula is C31H40N2O3S. The zero-order chi connectivity index (χ0) is 25.8. The highest BCUT2D eigenvalue weighted by Crippen LogP contribution is 2.34. The van der Waals surface area contributed by atoms with Gasteiger partial charge >= 0.3 is 0 Å². The molecule has 0 saturated heterocycles. The van der Waals surface area contributed by atoms with Gasteiger partial charge in [0.05, 0.1) is 13.2 Å². The molecule has 0 amide bonds. The van der Waals surface area contributed by atoms with E-state index in [0.29, 0.717) is 6.61 Å². The van der Waals surface area contributed by atoms with E-state index in [-0.39, 0.29) is 0 Å². The fraction of sp³-hybridized carbons (Fsp3) is 0.484. The molecule has 0 spiro atoms. The van der Waals surface area contributed by atoms with Crippen molar-refractivity contribution < 1.29 is 14.2 Å². The van der Waals surface area contributed by atoms with Crippen LogP contribution in [0.3, 0.4) is 0 Å². The second kappa shape index (κ2) is 14.3. The van der Waals surface area contributed by atoms with Gasteiger partial charge in [-0.2, -0.15) is 0 Å². The molecule has 198 valence electrons. The summed E-state index contributed by atoms with van der Waals surface area (Å²) in [6, 6.07) is 16.2. The molecule has 4 rings (SSSR count). The average molecular weight is 521 g/mol. The fourth-order valence-corrected chi connectivity index (χ4v) is 5.20. The van der Waals surface area contributed by atoms with Crippen LogP contribution >= 0.6 is 11.3 Å². The molecule has 1 aromatic heterocycles. The van der Waals surface area contributed by atoms with Crippen LogP contribution in [0.1, 0.15) is 78.1 Å². The first-order valence-electron chi connectivity index (χ1n) is 13.9. The van der Waals surface area contributed by atoms with Crippen LogP contribution in [0, 0.1) is 0 Å². The maximum Gasteiger partial charge on any atom is 0.230 e. The van der Waals surface area contributed by atoms with Crippen LogP contribution in [-0.4, -0.2) is 29.2 Å². The van der Waals surface area contributed by atoms with Crippen molar-refractivity contribution in [3.05, 3.63) is 60.7 Å². The number of rotatable bonds is 16. The monoisotopic (exact) mass is 520 g/mol. The molecule has 0 bridgehead atoms. The largest absolute Gasteiger partial charge is 0.494 e. The fourth-order valence-electron chi connectivity index (χ4n) is 4.34. The van der Waals surface area contributed by atoms with E-state index >= 15 is 0 Å². The normalized spacial score (nSPS) is 16.8. The van der Waals surface area contributed by atoms with Gasteiger partial charge in [-0.3, -0.25) is 0 Å². The molecule has 0 aliphatic heterocycles. The van der Waals surface area contributed by atoms with Gasteiger partial charge < -0.3 is 14.2 Å². The summed E-state index contributed by atoms with van der Waals surface area (Å²) in [5.41, 5.74) is 2.08. The molecule has 5 nitrogen and oxygen atoms in total. The zero-order valence-corrected chi connectivity index (χ0v) is 23.1. The third-order valence-corrected chi connectivity index (χ3v) is 7.58. The molecular weight excluding hydrogens is 480 g/mol. The molecule has 3 aromatic rings. The van der Waals surface area contributed by atoms with Gasteiger partial charge in [-0.15, -0.1) is 10.2 Å². The van der Waals surface area contributed by atoms with Crippen LogP contribution in [0.2, 0.25) is 0 Å². The smallest absolute Gasteiger partial charge is 0.230 e. The highest BCUT2D eigenvalue weighted by atomic mass is 32.1. The van der Waals surface area contributed by atoms with Crippen molar-refractivity contribution in [2.45, 2.75) is 83.8 Å². The Labute approximate surface area is 225 Å². The van der Waals surface area contributed by atoms with Crippen molar-refractivity contribution in [1.29, 1.82) is 0 Å². The lowest BCUT2D eigenvalue weighted by Crippen LogP contribution is -2.35. The molecule has 1 atom stereocenters. The molecule has 0 N–H and O–H groups in total. The van der Waals surface area contributed by atoms with Gasteiger partial charge in [-0.1, -0.05) is 69.8 Å². The van der Waals surface area contributed by atoms with Crippen LogP contribution in [0.4, 0.5) is 0 Å². The van der Waals surface area contributed by atoms with Crippen molar-refractivity contribution in [3.63, 3.8) is 0 Å². The minimum atomic E-state index is -0.642. The first-order chi connectivity index (χ1) is 18.2. The van der Waals surface area contributed by atoms with E-state index in [1.807, 2.05) is 36.4 Å². The lowest BCUT2D eigenvalue weighted by molar-refractivity contribution is -0.146. The summed E-state index contributed by atoms with van der Waals surface area (Å²) in [4.78, 5) is 0. The van der Waals surface area contributed by atoms with Gasteiger partial charge in [0.1, 0.15) is 21.5 Å². The second-order valence-corrected chi connectivity index (χ2v) is 10.6. The van der Waals surface area contributed by atoms with E-state index in [4.69, 9.17) is 14.2 Å². The topological polar surface area (TPSA) is 53.5 Å². The molecule has 6 heteroatoms. The van der Waals surface area contributed by atoms with Gasteiger partial charge in [-0.05, 0) is 73.9 Å². The van der Waals surface area contributed by atoms with Gasteiger partial charge in [0.2, 0.25) is 5.79 Å². The molecule has 37 heavy (non-hydrogen) atoms. The van der Waals surface area contributed by atoms with Crippen LogP contribution in [-0.2, 0) is 4.74 Å². The molecule has 1 aliphatic rings. The summed E-state index contributed by atoms with van der Waals surface area (Å²) >= 11 is 1.59. The van der Waals surface area contributed by atoms with Gasteiger partial charge in [0.15, 0.2) is 0 Å². The van der Waals surface area contributed by atoms with Crippen molar-refractivity contribution in [2.24, 2.45) is 0 Å². The standard InChI is InChI=1S/C31H40N2O3S/c1-3-5-7-8-9-12-23-34-27-17-13-25(14-18-27)29-32-33-30(37-29)26-15-19-28(20-16-26)36-31(21-10-11-22-31)35-24-6-4-2/h10,13-21H,3-9,11-12,22-24H2,1-2H3. The van der Waals surface area contributed by atoms with Crippen LogP contribution in [0.15, 0.2) is 60.7 Å². The van der Waals surface area contributed by atoms with Crippen molar-refractivity contribution >= 4 is 11.3 Å². The van der Waals surface area contributed by atoms with E-state index in [9.17, 15) is 0 Å². The average Bonchev–Trinajstić information content (AvgIpc) is 3.60. The first kappa shape index (κ1) is 27.3. The number of nitrogens with zero attached hydrogens (tertiary/aromatic N) is 2.